The van der Waals surface area contributed by atoms with E-state index in [0.29, 0.717) is 28.8 Å². The summed E-state index contributed by atoms with van der Waals surface area (Å²) in [6.45, 7) is -0.126. The number of nitriles is 1. The summed E-state index contributed by atoms with van der Waals surface area (Å²) >= 11 is 0. The van der Waals surface area contributed by atoms with Crippen LogP contribution in [0.2, 0.25) is 0 Å². The van der Waals surface area contributed by atoms with Gasteiger partial charge in [-0.2, -0.15) is 5.26 Å². The Balaban J connectivity index is 1.62. The van der Waals surface area contributed by atoms with Gasteiger partial charge in [0.05, 0.1) is 12.0 Å². The number of hydrogen-bond acceptors (Lipinski definition) is 6. The highest BCUT2D eigenvalue weighted by molar-refractivity contribution is 7.92. The van der Waals surface area contributed by atoms with Crippen LogP contribution < -0.4 is 19.5 Å². The SMILES string of the molecule is COc1cc(/C=C/C(=O)Nc2ccc(NS(=O)(=O)c3ccc(F)c(F)c3)cc2)ccc1OCC#N. The van der Waals surface area contributed by atoms with Crippen molar-refractivity contribution >= 4 is 33.4 Å². The number of nitrogens with zero attached hydrogens (tertiary/aromatic N) is 1. The van der Waals surface area contributed by atoms with E-state index in [1.165, 1.54) is 37.5 Å². The van der Waals surface area contributed by atoms with Gasteiger partial charge in [0.25, 0.3) is 10.0 Å². The van der Waals surface area contributed by atoms with Crippen LogP contribution in [0.3, 0.4) is 0 Å². The third kappa shape index (κ3) is 6.78. The zero-order chi connectivity index (χ0) is 25.4. The molecule has 0 aromatic heterocycles. The van der Waals surface area contributed by atoms with Crippen molar-refractivity contribution in [3.05, 3.63) is 83.9 Å². The van der Waals surface area contributed by atoms with Crippen LogP contribution in [0.4, 0.5) is 20.2 Å². The first-order valence-electron chi connectivity index (χ1n) is 9.96. The molecule has 11 heteroatoms. The third-order valence-corrected chi connectivity index (χ3v) is 5.89. The van der Waals surface area contributed by atoms with Crippen molar-refractivity contribution in [2.45, 2.75) is 4.90 Å². The minimum atomic E-state index is -4.13. The molecule has 0 spiro atoms. The van der Waals surface area contributed by atoms with Gasteiger partial charge in [-0.15, -0.1) is 0 Å². The van der Waals surface area contributed by atoms with E-state index in [1.54, 1.807) is 24.3 Å². The van der Waals surface area contributed by atoms with Crippen molar-refractivity contribution in [1.82, 2.24) is 0 Å². The number of sulfonamides is 1. The minimum Gasteiger partial charge on any atom is -0.493 e. The van der Waals surface area contributed by atoms with Gasteiger partial charge in [0.1, 0.15) is 6.07 Å². The molecule has 0 saturated carbocycles. The number of rotatable bonds is 9. The van der Waals surface area contributed by atoms with Crippen molar-refractivity contribution < 1.29 is 31.5 Å². The zero-order valence-corrected chi connectivity index (χ0v) is 19.1. The van der Waals surface area contributed by atoms with Crippen LogP contribution in [-0.4, -0.2) is 28.0 Å². The Morgan fingerprint density at radius 1 is 1.00 bits per heavy atom. The second-order valence-corrected chi connectivity index (χ2v) is 8.62. The molecule has 0 bridgehead atoms. The van der Waals surface area contributed by atoms with E-state index in [0.717, 1.165) is 12.1 Å². The van der Waals surface area contributed by atoms with Crippen molar-refractivity contribution in [2.24, 2.45) is 0 Å². The number of methoxy groups -OCH3 is 1. The molecule has 0 aliphatic carbocycles. The molecule has 180 valence electrons. The lowest BCUT2D eigenvalue weighted by molar-refractivity contribution is -0.111. The second kappa shape index (κ2) is 11.1. The third-order valence-electron chi connectivity index (χ3n) is 4.51. The van der Waals surface area contributed by atoms with Crippen LogP contribution in [0.15, 0.2) is 71.6 Å². The van der Waals surface area contributed by atoms with Gasteiger partial charge in [-0.25, -0.2) is 17.2 Å². The molecule has 0 aliphatic rings. The highest BCUT2D eigenvalue weighted by atomic mass is 32.2. The predicted octanol–water partition coefficient (Wildman–Crippen LogP) is 4.33. The fourth-order valence-corrected chi connectivity index (χ4v) is 3.92. The van der Waals surface area contributed by atoms with Crippen LogP contribution in [-0.2, 0) is 14.8 Å². The Labute approximate surface area is 200 Å². The summed E-state index contributed by atoms with van der Waals surface area (Å²) in [5.74, 6) is -2.07. The van der Waals surface area contributed by atoms with Gasteiger partial charge in [0.15, 0.2) is 29.7 Å². The molecule has 8 nitrogen and oxygen atoms in total. The zero-order valence-electron chi connectivity index (χ0n) is 18.3. The van der Waals surface area contributed by atoms with Crippen molar-refractivity contribution in [3.8, 4) is 17.6 Å². The standard InChI is InChI=1S/C24H19F2N3O5S/c1-33-23-14-16(2-10-22(23)34-13-12-27)3-11-24(30)28-17-4-6-18(7-5-17)29-35(31,32)19-8-9-20(25)21(26)15-19/h2-11,14-15,29H,13H2,1H3,(H,28,30)/b11-3+. The molecule has 0 heterocycles. The minimum absolute atomic E-state index is 0.126. The number of anilines is 2. The number of hydrogen-bond donors (Lipinski definition) is 2. The lowest BCUT2D eigenvalue weighted by atomic mass is 10.2. The fraction of sp³-hybridized carbons (Fsp3) is 0.0833. The second-order valence-electron chi connectivity index (χ2n) is 6.94. The van der Waals surface area contributed by atoms with Crippen LogP contribution in [0, 0.1) is 23.0 Å². The van der Waals surface area contributed by atoms with Crippen LogP contribution in [0.25, 0.3) is 6.08 Å². The highest BCUT2D eigenvalue weighted by Gasteiger charge is 2.16. The first-order chi connectivity index (χ1) is 16.7. The summed E-state index contributed by atoms with van der Waals surface area (Å²) in [6, 6.07) is 14.8. The molecule has 0 fully saturated rings. The molecule has 0 atom stereocenters. The molecule has 0 aliphatic heterocycles. The van der Waals surface area contributed by atoms with E-state index in [1.807, 2.05) is 6.07 Å². The van der Waals surface area contributed by atoms with E-state index >= 15 is 0 Å². The van der Waals surface area contributed by atoms with Crippen molar-refractivity contribution in [3.63, 3.8) is 0 Å². The van der Waals surface area contributed by atoms with E-state index in [2.05, 4.69) is 10.0 Å². The number of carbonyl (C=O) groups excluding carboxylic acids is 1. The summed E-state index contributed by atoms with van der Waals surface area (Å²) < 4.78 is 63.8. The summed E-state index contributed by atoms with van der Waals surface area (Å²) in [5.41, 5.74) is 1.21. The number of ether oxygens (including phenoxy) is 2. The maximum absolute atomic E-state index is 13.4. The van der Waals surface area contributed by atoms with Gasteiger partial charge in [0, 0.05) is 17.5 Å². The molecule has 3 aromatic rings. The smallest absolute Gasteiger partial charge is 0.261 e. The summed E-state index contributed by atoms with van der Waals surface area (Å²) in [6.07, 6.45) is 2.85. The van der Waals surface area contributed by atoms with E-state index in [4.69, 9.17) is 14.7 Å². The van der Waals surface area contributed by atoms with Gasteiger partial charge < -0.3 is 14.8 Å². The van der Waals surface area contributed by atoms with E-state index < -0.39 is 32.5 Å². The molecule has 35 heavy (non-hydrogen) atoms. The average Bonchev–Trinajstić information content (AvgIpc) is 2.84. The Morgan fingerprint density at radius 3 is 2.37 bits per heavy atom. The number of carbonyl (C=O) groups is 1. The predicted molar refractivity (Wildman–Crippen MR) is 125 cm³/mol. The topological polar surface area (TPSA) is 118 Å². The van der Waals surface area contributed by atoms with Crippen LogP contribution in [0.5, 0.6) is 11.5 Å². The molecule has 3 rings (SSSR count). The molecule has 1 amide bonds. The van der Waals surface area contributed by atoms with E-state index in [-0.39, 0.29) is 12.3 Å². The van der Waals surface area contributed by atoms with Gasteiger partial charge >= 0.3 is 0 Å². The summed E-state index contributed by atoms with van der Waals surface area (Å²) in [5, 5.41) is 11.2. The average molecular weight is 499 g/mol. The number of halogens is 2. The molecule has 3 aromatic carbocycles. The monoisotopic (exact) mass is 499 g/mol. The largest absolute Gasteiger partial charge is 0.493 e. The maximum Gasteiger partial charge on any atom is 0.261 e. The van der Waals surface area contributed by atoms with Gasteiger partial charge in [-0.3, -0.25) is 9.52 Å². The molecule has 0 unspecified atom stereocenters. The van der Waals surface area contributed by atoms with Crippen molar-refractivity contribution in [1.29, 1.82) is 5.26 Å². The lowest BCUT2D eigenvalue weighted by Crippen LogP contribution is -2.13. The fourth-order valence-electron chi connectivity index (χ4n) is 2.85. The molecular formula is C24H19F2N3O5S. The van der Waals surface area contributed by atoms with Gasteiger partial charge in [-0.05, 0) is 66.2 Å². The highest BCUT2D eigenvalue weighted by Crippen LogP contribution is 2.28. The molecule has 0 radical (unpaired) electrons. The summed E-state index contributed by atoms with van der Waals surface area (Å²) in [4.78, 5) is 11.8. The number of nitrogens with one attached hydrogen (secondary N) is 2. The van der Waals surface area contributed by atoms with Gasteiger partial charge in [-0.1, -0.05) is 6.07 Å². The van der Waals surface area contributed by atoms with E-state index in [9.17, 15) is 22.0 Å². The van der Waals surface area contributed by atoms with Gasteiger partial charge in [0.2, 0.25) is 5.91 Å². The Kier molecular flexibility index (Phi) is 8.01. The molecule has 0 saturated heterocycles. The summed E-state index contributed by atoms with van der Waals surface area (Å²) in [7, 11) is -2.68. The van der Waals surface area contributed by atoms with Crippen LogP contribution >= 0.6 is 0 Å². The molecule has 2 N–H and O–H groups in total. The first-order valence-corrected chi connectivity index (χ1v) is 11.4. The number of benzene rings is 3. The normalized spacial score (nSPS) is 11.0. The van der Waals surface area contributed by atoms with Crippen molar-refractivity contribution in [2.75, 3.05) is 23.8 Å². The Hall–Kier alpha value is -4.43. The first kappa shape index (κ1) is 25.2. The quantitative estimate of drug-likeness (QED) is 0.423. The number of amides is 1. The Morgan fingerprint density at radius 2 is 1.71 bits per heavy atom. The lowest BCUT2D eigenvalue weighted by Gasteiger charge is -2.10. The Bertz CT molecular complexity index is 1400. The molecular weight excluding hydrogens is 480 g/mol. The van der Waals surface area contributed by atoms with Crippen LogP contribution in [0.1, 0.15) is 5.56 Å². The maximum atomic E-state index is 13.4.